The number of H-pyrrole nitrogens is 1. The highest BCUT2D eigenvalue weighted by Gasteiger charge is 2.01. The fourth-order valence-electron chi connectivity index (χ4n) is 1.02. The molecule has 74 valence electrons. The maximum atomic E-state index is 4.47. The van der Waals surface area contributed by atoms with Crippen LogP contribution in [-0.4, -0.2) is 29.0 Å². The fourth-order valence-corrected chi connectivity index (χ4v) is 2.73. The molecule has 0 amide bonds. The van der Waals surface area contributed by atoms with Crippen molar-refractivity contribution in [2.45, 2.75) is 13.8 Å². The van der Waals surface area contributed by atoms with E-state index in [1.165, 1.54) is 8.85 Å². The summed E-state index contributed by atoms with van der Waals surface area (Å²) in [5, 5.41) is 0. The number of anilines is 1. The summed E-state index contributed by atoms with van der Waals surface area (Å²) in [6.45, 7) is 4.20. The molecular weight excluding hydrogens is 277 g/mol. The second-order valence-electron chi connectivity index (χ2n) is 3.17. The van der Waals surface area contributed by atoms with Crippen molar-refractivity contribution in [2.75, 3.05) is 23.9 Å². The van der Waals surface area contributed by atoms with Crippen molar-refractivity contribution in [3.8, 4) is 0 Å². The molecule has 4 heteroatoms. The van der Waals surface area contributed by atoms with Crippen molar-refractivity contribution in [1.82, 2.24) is 9.97 Å². The number of aromatic nitrogens is 2. The standard InChI is InChI=1S/C9H16IN3/c1-6-7(2)11-9(13(4)5)12-8(6)10-3/h1-5H3,(H,11,12). The van der Waals surface area contributed by atoms with Crippen LogP contribution < -0.4 is 4.90 Å². The van der Waals surface area contributed by atoms with Gasteiger partial charge in [0.1, 0.15) is 0 Å². The Balaban J connectivity index is 3.40. The van der Waals surface area contributed by atoms with E-state index in [-0.39, 0.29) is 20.7 Å². The lowest BCUT2D eigenvalue weighted by atomic mass is 10.3. The summed E-state index contributed by atoms with van der Waals surface area (Å²) < 4.78 is 1.38. The van der Waals surface area contributed by atoms with Crippen LogP contribution in [0.4, 0.5) is 5.95 Å². The van der Waals surface area contributed by atoms with Gasteiger partial charge >= 0.3 is 0 Å². The molecule has 0 atom stereocenters. The molecule has 0 aliphatic heterocycles. The van der Waals surface area contributed by atoms with Gasteiger partial charge < -0.3 is 9.88 Å². The molecule has 1 rings (SSSR count). The normalized spacial score (nSPS) is 12.5. The van der Waals surface area contributed by atoms with Crippen LogP contribution in [0.1, 0.15) is 11.3 Å². The molecular formula is C9H16IN3. The number of rotatable bonds is 1. The summed E-state index contributed by atoms with van der Waals surface area (Å²) >= 11 is 0.106. The van der Waals surface area contributed by atoms with Crippen molar-refractivity contribution in [3.05, 3.63) is 14.5 Å². The van der Waals surface area contributed by atoms with E-state index in [4.69, 9.17) is 0 Å². The van der Waals surface area contributed by atoms with Gasteiger partial charge in [-0.25, -0.2) is 4.98 Å². The zero-order valence-corrected chi connectivity index (χ0v) is 10.9. The van der Waals surface area contributed by atoms with Crippen LogP contribution in [0.2, 0.25) is 0 Å². The molecule has 0 fully saturated rings. The number of halogens is 1. The lowest BCUT2D eigenvalue weighted by Crippen LogP contribution is -2.13. The van der Waals surface area contributed by atoms with Crippen LogP contribution in [0.15, 0.2) is 0 Å². The first-order valence-corrected chi connectivity index (χ1v) is 7.37. The summed E-state index contributed by atoms with van der Waals surface area (Å²) in [7, 11) is 4.01. The van der Waals surface area contributed by atoms with Crippen molar-refractivity contribution < 1.29 is 0 Å². The third-order valence-corrected chi connectivity index (χ3v) is 4.14. The molecule has 3 nitrogen and oxygen atoms in total. The van der Waals surface area contributed by atoms with Gasteiger partial charge in [0.25, 0.3) is 0 Å². The Morgan fingerprint density at radius 1 is 1.31 bits per heavy atom. The van der Waals surface area contributed by atoms with E-state index in [0.29, 0.717) is 0 Å². The highest BCUT2D eigenvalue weighted by molar-refractivity contribution is 14.2. The van der Waals surface area contributed by atoms with E-state index in [0.717, 1.165) is 11.6 Å². The maximum Gasteiger partial charge on any atom is 0.203 e. The topological polar surface area (TPSA) is 31.9 Å². The van der Waals surface area contributed by atoms with Gasteiger partial charge in [-0.05, 0) is 24.3 Å². The largest absolute Gasteiger partial charge is 0.349 e. The molecule has 1 aromatic heterocycles. The van der Waals surface area contributed by atoms with Crippen LogP contribution in [-0.2, 0) is 0 Å². The molecule has 13 heavy (non-hydrogen) atoms. The van der Waals surface area contributed by atoms with E-state index < -0.39 is 0 Å². The lowest BCUT2D eigenvalue weighted by molar-refractivity contribution is 0.957. The van der Waals surface area contributed by atoms with E-state index in [2.05, 4.69) is 28.7 Å². The Hall–Kier alpha value is -0.390. The fraction of sp³-hybridized carbons (Fsp3) is 0.556. The van der Waals surface area contributed by atoms with E-state index >= 15 is 0 Å². The van der Waals surface area contributed by atoms with Crippen LogP contribution in [0.25, 0.3) is 0 Å². The van der Waals surface area contributed by atoms with Crippen molar-refractivity contribution >= 4 is 26.7 Å². The monoisotopic (exact) mass is 293 g/mol. The van der Waals surface area contributed by atoms with Gasteiger partial charge in [-0.3, -0.25) is 0 Å². The number of aryl methyl sites for hydroxylation is 1. The zero-order valence-electron chi connectivity index (χ0n) is 8.77. The quantitative estimate of drug-likeness (QED) is 0.636. The molecule has 0 aliphatic rings. The predicted octanol–water partition coefficient (Wildman–Crippen LogP) is 2.23. The van der Waals surface area contributed by atoms with E-state index in [1.54, 1.807) is 0 Å². The molecule has 1 heterocycles. The van der Waals surface area contributed by atoms with Gasteiger partial charge in [0.05, 0.1) is 3.28 Å². The van der Waals surface area contributed by atoms with Crippen LogP contribution in [0, 0.1) is 17.1 Å². The molecule has 0 saturated carbocycles. The first kappa shape index (κ1) is 10.7. The number of hydrogen-bond acceptors (Lipinski definition) is 2. The first-order valence-electron chi connectivity index (χ1n) is 4.13. The minimum Gasteiger partial charge on any atom is -0.349 e. The Morgan fingerprint density at radius 2 is 1.92 bits per heavy atom. The Morgan fingerprint density at radius 3 is 2.38 bits per heavy atom. The van der Waals surface area contributed by atoms with Gasteiger partial charge in [0, 0.05) is 19.8 Å². The maximum absolute atomic E-state index is 4.47. The van der Waals surface area contributed by atoms with Gasteiger partial charge in [0.2, 0.25) is 5.95 Å². The molecule has 0 unspecified atom stereocenters. The summed E-state index contributed by atoms with van der Waals surface area (Å²) in [5.74, 6) is 0.958. The van der Waals surface area contributed by atoms with Crippen LogP contribution in [0.3, 0.4) is 0 Å². The summed E-state index contributed by atoms with van der Waals surface area (Å²) in [4.78, 5) is 12.1. The smallest absolute Gasteiger partial charge is 0.203 e. The van der Waals surface area contributed by atoms with Crippen LogP contribution in [0.5, 0.6) is 0 Å². The van der Waals surface area contributed by atoms with Crippen molar-refractivity contribution in [1.29, 1.82) is 0 Å². The minimum absolute atomic E-state index is 0.106. The second-order valence-corrected chi connectivity index (χ2v) is 5.33. The number of alkyl halides is 1. The SMILES string of the molecule is CI=c1[nH]c(N(C)C)nc(C)c1C. The number of aromatic amines is 1. The van der Waals surface area contributed by atoms with Gasteiger partial charge in [-0.1, -0.05) is 20.7 Å². The Bertz CT molecular complexity index is 366. The van der Waals surface area contributed by atoms with Gasteiger partial charge in [-0.15, -0.1) is 0 Å². The third-order valence-electron chi connectivity index (χ3n) is 1.98. The Kier molecular flexibility index (Phi) is 3.47. The molecule has 1 aromatic rings. The second kappa shape index (κ2) is 4.21. The first-order chi connectivity index (χ1) is 6.06. The summed E-state index contributed by atoms with van der Waals surface area (Å²) in [6, 6.07) is 0. The van der Waals surface area contributed by atoms with Gasteiger partial charge in [0.15, 0.2) is 0 Å². The summed E-state index contributed by atoms with van der Waals surface area (Å²) in [5.41, 5.74) is 2.46. The summed E-state index contributed by atoms with van der Waals surface area (Å²) in [6.07, 6.45) is 0. The zero-order chi connectivity index (χ0) is 10.0. The average molecular weight is 293 g/mol. The molecule has 0 spiro atoms. The number of hydrogen-bond donors (Lipinski definition) is 1. The molecule has 0 bridgehead atoms. The highest BCUT2D eigenvalue weighted by Crippen LogP contribution is 2.13. The lowest BCUT2D eigenvalue weighted by Gasteiger charge is -2.12. The van der Waals surface area contributed by atoms with Gasteiger partial charge in [-0.2, -0.15) is 0 Å². The number of nitrogens with zero attached hydrogens (tertiary/aromatic N) is 2. The third kappa shape index (κ3) is 2.30. The molecule has 1 N–H and O–H groups in total. The number of nitrogens with one attached hydrogen (secondary N) is 1. The van der Waals surface area contributed by atoms with Crippen molar-refractivity contribution in [3.63, 3.8) is 0 Å². The predicted molar refractivity (Wildman–Crippen MR) is 65.6 cm³/mol. The Labute approximate surface area is 89.0 Å². The molecule has 0 radical (unpaired) electrons. The average Bonchev–Trinajstić information content (AvgIpc) is 2.09. The molecule has 0 saturated heterocycles. The molecule has 0 aromatic carbocycles. The van der Waals surface area contributed by atoms with Crippen LogP contribution >= 0.6 is 20.7 Å². The minimum atomic E-state index is 0.106. The van der Waals surface area contributed by atoms with E-state index in [1.807, 2.05) is 19.0 Å². The molecule has 0 aliphatic carbocycles. The highest BCUT2D eigenvalue weighted by atomic mass is 127. The van der Waals surface area contributed by atoms with Crippen molar-refractivity contribution in [2.24, 2.45) is 0 Å². The van der Waals surface area contributed by atoms with E-state index in [9.17, 15) is 0 Å².